The second-order valence-corrected chi connectivity index (χ2v) is 6.52. The Bertz CT molecular complexity index is 892. The van der Waals surface area contributed by atoms with Crippen molar-refractivity contribution in [1.29, 1.82) is 0 Å². The number of nitrogens with one attached hydrogen (secondary N) is 1. The summed E-state index contributed by atoms with van der Waals surface area (Å²) in [5.41, 5.74) is 7.68. The summed E-state index contributed by atoms with van der Waals surface area (Å²) < 4.78 is 0. The summed E-state index contributed by atoms with van der Waals surface area (Å²) in [6.45, 7) is 1.78. The van der Waals surface area contributed by atoms with Crippen molar-refractivity contribution >= 4 is 23.2 Å². The molecule has 3 aromatic rings. The Hall–Kier alpha value is -2.99. The third kappa shape index (κ3) is 3.75. The van der Waals surface area contributed by atoms with Crippen LogP contribution in [0.3, 0.4) is 0 Å². The van der Waals surface area contributed by atoms with Crippen LogP contribution >= 0.6 is 11.3 Å². The average molecular weight is 351 g/mol. The maximum absolute atomic E-state index is 12.6. The van der Waals surface area contributed by atoms with Gasteiger partial charge in [-0.3, -0.25) is 9.59 Å². The summed E-state index contributed by atoms with van der Waals surface area (Å²) in [6.07, 6.45) is 0. The summed E-state index contributed by atoms with van der Waals surface area (Å²) in [5.74, 6) is -0.963. The quantitative estimate of drug-likeness (QED) is 0.741. The number of rotatable bonds is 5. The molecule has 0 saturated carbocycles. The Morgan fingerprint density at radius 2 is 1.64 bits per heavy atom. The van der Waals surface area contributed by atoms with Crippen molar-refractivity contribution in [2.45, 2.75) is 13.0 Å². The first-order valence-corrected chi connectivity index (χ1v) is 8.56. The molecule has 2 aromatic carbocycles. The van der Waals surface area contributed by atoms with Gasteiger partial charge in [0.2, 0.25) is 5.91 Å². The molecule has 0 fully saturated rings. The molecule has 0 bridgehead atoms. The Morgan fingerprint density at radius 3 is 2.24 bits per heavy atom. The van der Waals surface area contributed by atoms with E-state index in [1.807, 2.05) is 36.4 Å². The standard InChI is InChI=1S/C19H17N3O2S/c1-12-16(25-19(21-12)14-10-6-3-7-11-14)18(24)22-15(17(20)23)13-8-4-2-5-9-13/h2-11,15H,1H3,(H2,20,23)(H,22,24). The Kier molecular flexibility index (Phi) is 4.90. The molecule has 5 nitrogen and oxygen atoms in total. The first kappa shape index (κ1) is 16.9. The summed E-state index contributed by atoms with van der Waals surface area (Å²) in [7, 11) is 0. The fraction of sp³-hybridized carbons (Fsp3) is 0.105. The van der Waals surface area contributed by atoms with Crippen molar-refractivity contribution in [3.63, 3.8) is 0 Å². The molecule has 25 heavy (non-hydrogen) atoms. The van der Waals surface area contributed by atoms with Crippen LogP contribution in [0.2, 0.25) is 0 Å². The lowest BCUT2D eigenvalue weighted by molar-refractivity contribution is -0.120. The number of aromatic nitrogens is 1. The maximum Gasteiger partial charge on any atom is 0.264 e. The summed E-state index contributed by atoms with van der Waals surface area (Å²) >= 11 is 1.29. The van der Waals surface area contributed by atoms with Gasteiger partial charge in [-0.1, -0.05) is 60.7 Å². The lowest BCUT2D eigenvalue weighted by Gasteiger charge is -2.15. The first-order chi connectivity index (χ1) is 12.1. The minimum Gasteiger partial charge on any atom is -0.368 e. The van der Waals surface area contributed by atoms with Crippen LogP contribution in [0, 0.1) is 6.92 Å². The van der Waals surface area contributed by atoms with E-state index in [9.17, 15) is 9.59 Å². The first-order valence-electron chi connectivity index (χ1n) is 7.74. The molecule has 0 aliphatic heterocycles. The van der Waals surface area contributed by atoms with Gasteiger partial charge in [-0.05, 0) is 12.5 Å². The van der Waals surface area contributed by atoms with Crippen molar-refractivity contribution in [2.24, 2.45) is 5.73 Å². The monoisotopic (exact) mass is 351 g/mol. The summed E-state index contributed by atoms with van der Waals surface area (Å²) in [4.78, 5) is 29.4. The smallest absolute Gasteiger partial charge is 0.264 e. The van der Waals surface area contributed by atoms with Crippen LogP contribution in [0.25, 0.3) is 10.6 Å². The van der Waals surface area contributed by atoms with E-state index in [1.165, 1.54) is 11.3 Å². The van der Waals surface area contributed by atoms with Gasteiger partial charge in [-0.2, -0.15) is 0 Å². The molecule has 3 rings (SSSR count). The number of amides is 2. The Morgan fingerprint density at radius 1 is 1.04 bits per heavy atom. The third-order valence-electron chi connectivity index (χ3n) is 3.72. The Balaban J connectivity index is 1.86. The molecule has 0 radical (unpaired) electrons. The van der Waals surface area contributed by atoms with Gasteiger partial charge in [-0.25, -0.2) is 4.98 Å². The fourth-order valence-electron chi connectivity index (χ4n) is 2.47. The lowest BCUT2D eigenvalue weighted by atomic mass is 10.1. The van der Waals surface area contributed by atoms with E-state index >= 15 is 0 Å². The van der Waals surface area contributed by atoms with Crippen LogP contribution in [-0.2, 0) is 4.79 Å². The number of thiazole rings is 1. The minimum atomic E-state index is -0.879. The molecule has 126 valence electrons. The molecular weight excluding hydrogens is 334 g/mol. The van der Waals surface area contributed by atoms with E-state index in [2.05, 4.69) is 10.3 Å². The molecule has 0 spiro atoms. The number of benzene rings is 2. The number of hydrogen-bond donors (Lipinski definition) is 2. The van der Waals surface area contributed by atoms with Crippen molar-refractivity contribution < 1.29 is 9.59 Å². The number of hydrogen-bond acceptors (Lipinski definition) is 4. The van der Waals surface area contributed by atoms with Crippen LogP contribution in [-0.4, -0.2) is 16.8 Å². The van der Waals surface area contributed by atoms with Gasteiger partial charge >= 0.3 is 0 Å². The van der Waals surface area contributed by atoms with Gasteiger partial charge < -0.3 is 11.1 Å². The predicted octanol–water partition coefficient (Wildman–Crippen LogP) is 3.07. The second-order valence-electron chi connectivity index (χ2n) is 5.52. The molecule has 1 aromatic heterocycles. The molecule has 0 saturated heterocycles. The highest BCUT2D eigenvalue weighted by Crippen LogP contribution is 2.28. The van der Waals surface area contributed by atoms with Gasteiger partial charge in [0, 0.05) is 5.56 Å². The van der Waals surface area contributed by atoms with Gasteiger partial charge in [-0.15, -0.1) is 11.3 Å². The minimum absolute atomic E-state index is 0.357. The molecule has 1 unspecified atom stereocenters. The van der Waals surface area contributed by atoms with Gasteiger partial charge in [0.25, 0.3) is 5.91 Å². The van der Waals surface area contributed by atoms with E-state index in [4.69, 9.17) is 5.73 Å². The summed E-state index contributed by atoms with van der Waals surface area (Å²) in [6, 6.07) is 17.7. The van der Waals surface area contributed by atoms with E-state index in [0.29, 0.717) is 16.1 Å². The molecule has 0 aliphatic carbocycles. The average Bonchev–Trinajstić information content (AvgIpc) is 3.02. The highest BCUT2D eigenvalue weighted by atomic mass is 32.1. The number of carbonyl (C=O) groups is 2. The topological polar surface area (TPSA) is 85.1 Å². The highest BCUT2D eigenvalue weighted by molar-refractivity contribution is 7.17. The number of nitrogens with two attached hydrogens (primary N) is 1. The van der Waals surface area contributed by atoms with Crippen LogP contribution in [0.4, 0.5) is 0 Å². The maximum atomic E-state index is 12.6. The van der Waals surface area contributed by atoms with E-state index in [1.54, 1.807) is 31.2 Å². The van der Waals surface area contributed by atoms with E-state index < -0.39 is 11.9 Å². The van der Waals surface area contributed by atoms with E-state index in [-0.39, 0.29) is 5.91 Å². The Labute approximate surface area is 149 Å². The molecule has 3 N–H and O–H groups in total. The summed E-state index contributed by atoms with van der Waals surface area (Å²) in [5, 5.41) is 3.47. The highest BCUT2D eigenvalue weighted by Gasteiger charge is 2.23. The molecule has 0 aliphatic rings. The molecule has 2 amide bonds. The van der Waals surface area contributed by atoms with Crippen LogP contribution in [0.5, 0.6) is 0 Å². The molecule has 1 heterocycles. The van der Waals surface area contributed by atoms with Crippen LogP contribution in [0.15, 0.2) is 60.7 Å². The normalized spacial score (nSPS) is 11.7. The zero-order valence-electron chi connectivity index (χ0n) is 13.6. The molecule has 6 heteroatoms. The van der Waals surface area contributed by atoms with Crippen LogP contribution in [0.1, 0.15) is 27.0 Å². The van der Waals surface area contributed by atoms with Crippen molar-refractivity contribution in [1.82, 2.24) is 10.3 Å². The number of carbonyl (C=O) groups excluding carboxylic acids is 2. The zero-order valence-corrected chi connectivity index (χ0v) is 14.4. The largest absolute Gasteiger partial charge is 0.368 e. The van der Waals surface area contributed by atoms with Gasteiger partial charge in [0.1, 0.15) is 15.9 Å². The lowest BCUT2D eigenvalue weighted by Crippen LogP contribution is -2.37. The predicted molar refractivity (Wildman–Crippen MR) is 98.1 cm³/mol. The fourth-order valence-corrected chi connectivity index (χ4v) is 3.45. The van der Waals surface area contributed by atoms with Crippen molar-refractivity contribution in [3.05, 3.63) is 76.8 Å². The SMILES string of the molecule is Cc1nc(-c2ccccc2)sc1C(=O)NC(C(N)=O)c1ccccc1. The van der Waals surface area contributed by atoms with Gasteiger partial charge in [0.05, 0.1) is 5.69 Å². The second kappa shape index (κ2) is 7.27. The van der Waals surface area contributed by atoms with Crippen LogP contribution < -0.4 is 11.1 Å². The third-order valence-corrected chi connectivity index (χ3v) is 4.92. The molecular formula is C19H17N3O2S. The van der Waals surface area contributed by atoms with E-state index in [0.717, 1.165) is 10.6 Å². The van der Waals surface area contributed by atoms with Crippen molar-refractivity contribution in [2.75, 3.05) is 0 Å². The van der Waals surface area contributed by atoms with Crippen molar-refractivity contribution in [3.8, 4) is 10.6 Å². The van der Waals surface area contributed by atoms with Gasteiger partial charge in [0.15, 0.2) is 0 Å². The zero-order chi connectivity index (χ0) is 17.8. The number of aryl methyl sites for hydroxylation is 1. The molecule has 1 atom stereocenters. The number of nitrogens with zero attached hydrogens (tertiary/aromatic N) is 1. The number of primary amides is 1.